The van der Waals surface area contributed by atoms with Crippen molar-refractivity contribution in [3.05, 3.63) is 52.5 Å². The summed E-state index contributed by atoms with van der Waals surface area (Å²) < 4.78 is 16.0. The van der Waals surface area contributed by atoms with Gasteiger partial charge in [0.15, 0.2) is 5.96 Å². The van der Waals surface area contributed by atoms with Crippen LogP contribution in [0.4, 0.5) is 4.39 Å². The van der Waals surface area contributed by atoms with Crippen molar-refractivity contribution in [1.29, 1.82) is 0 Å². The molecule has 2 N–H and O–H groups in total. The minimum absolute atomic E-state index is 0. The van der Waals surface area contributed by atoms with E-state index in [1.807, 2.05) is 16.9 Å². The third kappa shape index (κ3) is 6.86. The summed E-state index contributed by atoms with van der Waals surface area (Å²) in [5.74, 6) is 0.443. The molecule has 0 radical (unpaired) electrons. The van der Waals surface area contributed by atoms with Gasteiger partial charge in [-0.3, -0.25) is 9.67 Å². The molecule has 0 aliphatic rings. The summed E-state index contributed by atoms with van der Waals surface area (Å²) in [5, 5.41) is 10.5. The van der Waals surface area contributed by atoms with Crippen molar-refractivity contribution in [3.8, 4) is 0 Å². The molecule has 8 heteroatoms. The molecule has 0 atom stereocenters. The molecule has 23 heavy (non-hydrogen) atoms. The number of hydrogen-bond donors (Lipinski definition) is 2. The van der Waals surface area contributed by atoms with Gasteiger partial charge in [0.1, 0.15) is 5.82 Å². The molecule has 0 aliphatic heterocycles. The first-order chi connectivity index (χ1) is 10.7. The van der Waals surface area contributed by atoms with Crippen molar-refractivity contribution >= 4 is 45.9 Å². The predicted molar refractivity (Wildman–Crippen MR) is 105 cm³/mol. The minimum atomic E-state index is -0.248. The Morgan fingerprint density at radius 2 is 2.22 bits per heavy atom. The molecule has 0 saturated heterocycles. The van der Waals surface area contributed by atoms with Crippen LogP contribution in [0.15, 0.2) is 46.1 Å². The molecule has 5 nitrogen and oxygen atoms in total. The number of hydrogen-bond acceptors (Lipinski definition) is 2. The molecule has 1 heterocycles. The van der Waals surface area contributed by atoms with Gasteiger partial charge in [-0.05, 0) is 36.2 Å². The quantitative estimate of drug-likeness (QED) is 0.280. The Kier molecular flexibility index (Phi) is 9.15. The van der Waals surface area contributed by atoms with Gasteiger partial charge in [0.2, 0.25) is 0 Å². The summed E-state index contributed by atoms with van der Waals surface area (Å²) in [4.78, 5) is 4.15. The van der Waals surface area contributed by atoms with Gasteiger partial charge in [0.05, 0.1) is 0 Å². The van der Waals surface area contributed by atoms with Gasteiger partial charge in [-0.15, -0.1) is 24.0 Å². The van der Waals surface area contributed by atoms with Crippen molar-refractivity contribution in [2.45, 2.75) is 19.5 Å². The van der Waals surface area contributed by atoms with Crippen LogP contribution in [0.25, 0.3) is 0 Å². The monoisotopic (exact) mass is 495 g/mol. The maximum absolute atomic E-state index is 13.2. The second-order valence-electron chi connectivity index (χ2n) is 4.71. The van der Waals surface area contributed by atoms with E-state index in [2.05, 4.69) is 36.7 Å². The Labute approximate surface area is 160 Å². The van der Waals surface area contributed by atoms with Crippen LogP contribution in [-0.2, 0) is 13.1 Å². The number of halogens is 3. The van der Waals surface area contributed by atoms with Gasteiger partial charge < -0.3 is 10.6 Å². The third-order valence-electron chi connectivity index (χ3n) is 3.09. The molecule has 2 aromatic rings. The summed E-state index contributed by atoms with van der Waals surface area (Å²) >= 11 is 3.41. The summed E-state index contributed by atoms with van der Waals surface area (Å²) in [5.41, 5.74) is 0.847. The average molecular weight is 496 g/mol. The van der Waals surface area contributed by atoms with Gasteiger partial charge in [-0.25, -0.2) is 4.39 Å². The van der Waals surface area contributed by atoms with Crippen LogP contribution in [-0.4, -0.2) is 29.3 Å². The highest BCUT2D eigenvalue weighted by Gasteiger charge is 2.03. The number of aryl methyl sites for hydroxylation is 1. The average Bonchev–Trinajstić information content (AvgIpc) is 3.03. The maximum atomic E-state index is 13.2. The zero-order chi connectivity index (χ0) is 15.8. The largest absolute Gasteiger partial charge is 0.356 e. The molecule has 1 aromatic heterocycles. The fourth-order valence-electron chi connectivity index (χ4n) is 1.96. The van der Waals surface area contributed by atoms with Crippen LogP contribution in [0, 0.1) is 5.82 Å². The Bertz CT molecular complexity index is 618. The fraction of sp³-hybridized carbons (Fsp3) is 0.333. The summed E-state index contributed by atoms with van der Waals surface area (Å²) in [6, 6.07) is 6.54. The van der Waals surface area contributed by atoms with E-state index in [1.54, 1.807) is 19.3 Å². The standard InChI is InChI=1S/C15H19BrFN5.HI/c1-18-15(19-6-2-8-22-9-3-7-21-22)20-11-12-10-13(17)4-5-14(12)16;/h3-5,7,9-10H,2,6,8,11H2,1H3,(H2,18,19,20);1H. The SMILES string of the molecule is CN=C(NCCCn1cccn1)NCc1cc(F)ccc1Br.I. The van der Waals surface area contributed by atoms with Crippen molar-refractivity contribution in [3.63, 3.8) is 0 Å². The lowest BCUT2D eigenvalue weighted by molar-refractivity contribution is 0.570. The second kappa shape index (κ2) is 10.6. The van der Waals surface area contributed by atoms with Gasteiger partial charge in [0, 0.05) is 43.5 Å². The second-order valence-corrected chi connectivity index (χ2v) is 5.57. The van der Waals surface area contributed by atoms with Crippen LogP contribution in [0.1, 0.15) is 12.0 Å². The summed E-state index contributed by atoms with van der Waals surface area (Å²) in [7, 11) is 1.71. The molecule has 0 fully saturated rings. The van der Waals surface area contributed by atoms with Gasteiger partial charge in [-0.2, -0.15) is 5.10 Å². The first-order valence-corrected chi connectivity index (χ1v) is 7.84. The van der Waals surface area contributed by atoms with E-state index >= 15 is 0 Å². The first-order valence-electron chi connectivity index (χ1n) is 7.05. The zero-order valence-corrected chi connectivity index (χ0v) is 16.7. The molecule has 0 amide bonds. The highest BCUT2D eigenvalue weighted by atomic mass is 127. The van der Waals surface area contributed by atoms with Crippen LogP contribution in [0.5, 0.6) is 0 Å². The first kappa shape index (κ1) is 19.9. The molecule has 0 spiro atoms. The van der Waals surface area contributed by atoms with E-state index in [1.165, 1.54) is 12.1 Å². The molecule has 0 saturated carbocycles. The number of aromatic nitrogens is 2. The Morgan fingerprint density at radius 3 is 2.91 bits per heavy atom. The number of nitrogens with one attached hydrogen (secondary N) is 2. The number of nitrogens with zero attached hydrogens (tertiary/aromatic N) is 3. The number of aliphatic imine (C=N–C) groups is 1. The van der Waals surface area contributed by atoms with Crippen molar-refractivity contribution < 1.29 is 4.39 Å². The van der Waals surface area contributed by atoms with Gasteiger partial charge >= 0.3 is 0 Å². The van der Waals surface area contributed by atoms with Gasteiger partial charge in [0.25, 0.3) is 0 Å². The van der Waals surface area contributed by atoms with Gasteiger partial charge in [-0.1, -0.05) is 15.9 Å². The van der Waals surface area contributed by atoms with E-state index in [9.17, 15) is 4.39 Å². The van der Waals surface area contributed by atoms with E-state index in [0.717, 1.165) is 29.5 Å². The zero-order valence-electron chi connectivity index (χ0n) is 12.8. The van der Waals surface area contributed by atoms with Crippen LogP contribution in [0.2, 0.25) is 0 Å². The van der Waals surface area contributed by atoms with E-state index in [0.29, 0.717) is 12.5 Å². The lowest BCUT2D eigenvalue weighted by Crippen LogP contribution is -2.37. The van der Waals surface area contributed by atoms with Crippen LogP contribution in [0.3, 0.4) is 0 Å². The molecule has 0 bridgehead atoms. The number of rotatable bonds is 6. The Balaban J connectivity index is 0.00000264. The lowest BCUT2D eigenvalue weighted by atomic mass is 10.2. The third-order valence-corrected chi connectivity index (χ3v) is 3.87. The smallest absolute Gasteiger partial charge is 0.191 e. The Hall–Kier alpha value is -1.16. The highest BCUT2D eigenvalue weighted by Crippen LogP contribution is 2.17. The van der Waals surface area contributed by atoms with E-state index in [4.69, 9.17) is 0 Å². The summed E-state index contributed by atoms with van der Waals surface area (Å²) in [6.07, 6.45) is 4.64. The fourth-order valence-corrected chi connectivity index (χ4v) is 2.35. The normalized spacial score (nSPS) is 11.0. The molecule has 1 aromatic carbocycles. The van der Waals surface area contributed by atoms with Crippen molar-refractivity contribution in [2.75, 3.05) is 13.6 Å². The van der Waals surface area contributed by atoms with Crippen molar-refractivity contribution in [2.24, 2.45) is 4.99 Å². The van der Waals surface area contributed by atoms with Crippen LogP contribution >= 0.6 is 39.9 Å². The molecule has 0 aliphatic carbocycles. The number of guanidine groups is 1. The molecule has 2 rings (SSSR count). The molecule has 126 valence electrons. The molecular formula is C15H20BrFIN5. The highest BCUT2D eigenvalue weighted by molar-refractivity contribution is 14.0. The summed E-state index contributed by atoms with van der Waals surface area (Å²) in [6.45, 7) is 2.13. The molecular weight excluding hydrogens is 476 g/mol. The van der Waals surface area contributed by atoms with E-state index in [-0.39, 0.29) is 29.8 Å². The Morgan fingerprint density at radius 1 is 1.39 bits per heavy atom. The number of benzene rings is 1. The maximum Gasteiger partial charge on any atom is 0.191 e. The topological polar surface area (TPSA) is 54.2 Å². The predicted octanol–water partition coefficient (Wildman–Crippen LogP) is 3.16. The lowest BCUT2D eigenvalue weighted by Gasteiger charge is -2.13. The van der Waals surface area contributed by atoms with Crippen molar-refractivity contribution in [1.82, 2.24) is 20.4 Å². The minimum Gasteiger partial charge on any atom is -0.356 e. The molecule has 0 unspecified atom stereocenters. The van der Waals surface area contributed by atoms with Crippen LogP contribution < -0.4 is 10.6 Å². The van der Waals surface area contributed by atoms with E-state index < -0.39 is 0 Å².